The molecule has 2 atom stereocenters. The van der Waals surface area contributed by atoms with Crippen molar-refractivity contribution in [1.29, 1.82) is 0 Å². The predicted molar refractivity (Wildman–Crippen MR) is 248 cm³/mol. The van der Waals surface area contributed by atoms with E-state index in [1.807, 2.05) is 0 Å². The van der Waals surface area contributed by atoms with Gasteiger partial charge in [-0.15, -0.1) is 0 Å². The average molecular weight is 809 g/mol. The summed E-state index contributed by atoms with van der Waals surface area (Å²) < 4.78 is 6.05. The maximum absolute atomic E-state index is 12.8. The number of amides is 1. The number of unbranched alkanes of at least 4 members (excludes halogenated alkanes) is 16. The van der Waals surface area contributed by atoms with E-state index in [1.165, 1.54) is 38.5 Å². The number of esters is 1. The zero-order valence-electron chi connectivity index (χ0n) is 37.4. The van der Waals surface area contributed by atoms with Crippen molar-refractivity contribution in [3.05, 3.63) is 72.9 Å². The molecular weight excluding hydrogens is 721 g/mol. The highest BCUT2D eigenvalue weighted by molar-refractivity contribution is 5.83. The van der Waals surface area contributed by atoms with Gasteiger partial charge in [-0.05, 0) is 129 Å². The van der Waals surface area contributed by atoms with Crippen LogP contribution in [-0.2, 0) is 19.1 Å². The highest BCUT2D eigenvalue weighted by Crippen LogP contribution is 2.18. The first-order valence-corrected chi connectivity index (χ1v) is 23.8. The fraction of sp³-hybridized carbons (Fsp3) is 0.706. The first-order chi connectivity index (χ1) is 28.4. The molecule has 332 valence electrons. The van der Waals surface area contributed by atoms with Gasteiger partial charge in [0.25, 0.3) is 0 Å². The molecule has 0 saturated heterocycles. The number of ether oxygens (including phenoxy) is 1. The van der Waals surface area contributed by atoms with Crippen LogP contribution in [0.5, 0.6) is 0 Å². The third-order valence-electron chi connectivity index (χ3n) is 10.3. The molecule has 58 heavy (non-hydrogen) atoms. The van der Waals surface area contributed by atoms with Crippen LogP contribution in [0, 0.1) is 0 Å². The number of nitrogens with one attached hydrogen (secondary N) is 1. The van der Waals surface area contributed by atoms with Gasteiger partial charge in [0.2, 0.25) is 5.91 Å². The summed E-state index contributed by atoms with van der Waals surface area (Å²) >= 11 is 0. The summed E-state index contributed by atoms with van der Waals surface area (Å²) in [6, 6.07) is -0.865. The Balaban J connectivity index is 4.44. The molecule has 0 fully saturated rings. The van der Waals surface area contributed by atoms with E-state index in [0.29, 0.717) is 32.2 Å². The normalized spacial score (nSPS) is 13.3. The molecule has 0 aromatic carbocycles. The quantitative estimate of drug-likeness (QED) is 0.0321. The second-order valence-electron chi connectivity index (χ2n) is 15.8. The van der Waals surface area contributed by atoms with E-state index < -0.39 is 12.0 Å². The largest absolute Gasteiger partial charge is 0.480 e. The minimum Gasteiger partial charge on any atom is -0.480 e. The second kappa shape index (κ2) is 44.9. The summed E-state index contributed by atoms with van der Waals surface area (Å²) in [4.78, 5) is 36.5. The summed E-state index contributed by atoms with van der Waals surface area (Å²) in [5, 5.41) is 12.0. The second-order valence-corrected chi connectivity index (χ2v) is 15.8. The molecule has 2 unspecified atom stereocenters. The van der Waals surface area contributed by atoms with Gasteiger partial charge in [0, 0.05) is 12.8 Å². The highest BCUT2D eigenvalue weighted by atomic mass is 16.5. The van der Waals surface area contributed by atoms with Gasteiger partial charge in [-0.25, -0.2) is 4.79 Å². The van der Waals surface area contributed by atoms with E-state index in [0.717, 1.165) is 135 Å². The smallest absolute Gasteiger partial charge is 0.326 e. The fourth-order valence-corrected chi connectivity index (χ4v) is 6.71. The van der Waals surface area contributed by atoms with Crippen LogP contribution in [0.3, 0.4) is 0 Å². The molecule has 0 saturated carbocycles. The maximum atomic E-state index is 12.8. The van der Waals surface area contributed by atoms with Crippen molar-refractivity contribution in [2.24, 2.45) is 5.73 Å². The number of carbonyl (C=O) groups excluding carboxylic acids is 2. The molecule has 0 rings (SSSR count). The number of aliphatic carboxylic acids is 1. The maximum Gasteiger partial charge on any atom is 0.326 e. The standard InChI is InChI=1S/C51H88N2O5/c1-3-5-7-9-11-13-15-17-19-20-22-24-26-28-30-35-39-45-50(55)58-47(41-36-32-29-27-25-23-21-18-16-14-12-10-8-6-4-2)42-37-33-31-34-38-44-49(54)53-48(51(56)57)43-40-46-52/h5,7,11,13,16-19,22-25,47-48H,3-4,6,8-10,12,14-15,20-21,26-46,52H2,1-2H3,(H,53,54)(H,56,57)/b7-5-,13-11-,18-16-,19-17-,24-22-,25-23-. The molecule has 0 bridgehead atoms. The van der Waals surface area contributed by atoms with Gasteiger partial charge >= 0.3 is 11.9 Å². The van der Waals surface area contributed by atoms with Crippen molar-refractivity contribution in [2.75, 3.05) is 6.54 Å². The summed E-state index contributed by atoms with van der Waals surface area (Å²) in [6.07, 6.45) is 58.0. The third-order valence-corrected chi connectivity index (χ3v) is 10.3. The SMILES string of the molecule is CC/C=C\C/C=C\C/C=C\C/C=C\CCCCCCC(=O)OC(CCCCC/C=C\C/C=C\CCCCCCC)CCCCCCCC(=O)NC(CCCN)C(=O)O. The lowest BCUT2D eigenvalue weighted by molar-refractivity contribution is -0.150. The molecule has 1 amide bonds. The molecule has 7 nitrogen and oxygen atoms in total. The van der Waals surface area contributed by atoms with Crippen LogP contribution < -0.4 is 11.1 Å². The van der Waals surface area contributed by atoms with Crippen LogP contribution >= 0.6 is 0 Å². The van der Waals surface area contributed by atoms with Gasteiger partial charge in [-0.2, -0.15) is 0 Å². The first kappa shape index (κ1) is 54.8. The molecule has 0 aliphatic carbocycles. The lowest BCUT2D eigenvalue weighted by Crippen LogP contribution is -2.40. The number of carboxylic acid groups (broad SMARTS) is 1. The Kier molecular flexibility index (Phi) is 42.4. The molecule has 0 aromatic rings. The van der Waals surface area contributed by atoms with E-state index in [2.05, 4.69) is 92.1 Å². The van der Waals surface area contributed by atoms with Gasteiger partial charge < -0.3 is 20.9 Å². The van der Waals surface area contributed by atoms with Crippen molar-refractivity contribution in [3.8, 4) is 0 Å². The minimum atomic E-state index is -1.01. The number of carbonyl (C=O) groups is 3. The Morgan fingerprint density at radius 3 is 1.45 bits per heavy atom. The molecular formula is C51H88N2O5. The van der Waals surface area contributed by atoms with Crippen molar-refractivity contribution in [2.45, 2.75) is 225 Å². The lowest BCUT2D eigenvalue weighted by atomic mass is 10.0. The Morgan fingerprint density at radius 1 is 0.517 bits per heavy atom. The Hall–Kier alpha value is -3.19. The molecule has 0 heterocycles. The highest BCUT2D eigenvalue weighted by Gasteiger charge is 2.19. The van der Waals surface area contributed by atoms with Crippen LogP contribution in [-0.4, -0.2) is 41.6 Å². The van der Waals surface area contributed by atoms with Gasteiger partial charge in [-0.3, -0.25) is 9.59 Å². The Labute approximate surface area is 356 Å². The Bertz CT molecular complexity index is 1140. The number of hydrogen-bond donors (Lipinski definition) is 3. The summed E-state index contributed by atoms with van der Waals surface area (Å²) in [6.45, 7) is 4.82. The molecule has 0 aromatic heterocycles. The molecule has 0 radical (unpaired) electrons. The monoisotopic (exact) mass is 809 g/mol. The zero-order chi connectivity index (χ0) is 42.4. The van der Waals surface area contributed by atoms with E-state index in [-0.39, 0.29) is 18.0 Å². The van der Waals surface area contributed by atoms with Crippen molar-refractivity contribution in [3.63, 3.8) is 0 Å². The topological polar surface area (TPSA) is 119 Å². The summed E-state index contributed by atoms with van der Waals surface area (Å²) in [5.74, 6) is -1.28. The number of rotatable bonds is 42. The van der Waals surface area contributed by atoms with Gasteiger partial charge in [-0.1, -0.05) is 151 Å². The van der Waals surface area contributed by atoms with Crippen LogP contribution in [0.2, 0.25) is 0 Å². The summed E-state index contributed by atoms with van der Waals surface area (Å²) in [7, 11) is 0. The van der Waals surface area contributed by atoms with E-state index in [1.54, 1.807) is 0 Å². The number of allylic oxidation sites excluding steroid dienone is 12. The van der Waals surface area contributed by atoms with Gasteiger partial charge in [0.15, 0.2) is 0 Å². The Morgan fingerprint density at radius 2 is 0.948 bits per heavy atom. The van der Waals surface area contributed by atoms with Gasteiger partial charge in [0.1, 0.15) is 12.1 Å². The van der Waals surface area contributed by atoms with Crippen molar-refractivity contribution in [1.82, 2.24) is 5.32 Å². The third kappa shape index (κ3) is 41.0. The lowest BCUT2D eigenvalue weighted by Gasteiger charge is -2.18. The molecule has 0 spiro atoms. The van der Waals surface area contributed by atoms with Crippen LogP contribution in [0.1, 0.15) is 213 Å². The summed E-state index contributed by atoms with van der Waals surface area (Å²) in [5.41, 5.74) is 5.49. The number of carboxylic acids is 1. The molecule has 0 aliphatic heterocycles. The predicted octanol–water partition coefficient (Wildman–Crippen LogP) is 13.9. The van der Waals surface area contributed by atoms with Crippen molar-refractivity contribution < 1.29 is 24.2 Å². The molecule has 7 heteroatoms. The zero-order valence-corrected chi connectivity index (χ0v) is 37.4. The van der Waals surface area contributed by atoms with E-state index >= 15 is 0 Å². The van der Waals surface area contributed by atoms with E-state index in [4.69, 9.17) is 10.5 Å². The molecule has 4 N–H and O–H groups in total. The number of hydrogen-bond acceptors (Lipinski definition) is 5. The minimum absolute atomic E-state index is 0.0273. The van der Waals surface area contributed by atoms with Crippen LogP contribution in [0.15, 0.2) is 72.9 Å². The number of nitrogens with two attached hydrogens (primary N) is 1. The fourth-order valence-electron chi connectivity index (χ4n) is 6.71. The van der Waals surface area contributed by atoms with Crippen molar-refractivity contribution >= 4 is 17.8 Å². The van der Waals surface area contributed by atoms with Gasteiger partial charge in [0.05, 0.1) is 0 Å². The first-order valence-electron chi connectivity index (χ1n) is 23.8. The average Bonchev–Trinajstić information content (AvgIpc) is 3.21. The van der Waals surface area contributed by atoms with Crippen LogP contribution in [0.4, 0.5) is 0 Å². The van der Waals surface area contributed by atoms with E-state index in [9.17, 15) is 19.5 Å². The molecule has 0 aliphatic rings. The van der Waals surface area contributed by atoms with Crippen LogP contribution in [0.25, 0.3) is 0 Å².